The minimum atomic E-state index is -0.295. The second kappa shape index (κ2) is 9.06. The molecular weight excluding hydrogens is 373 g/mol. The SMILES string of the molecule is C=C(CCC(=O)N1N=CCC1c1ccc(C)c(F)c1)COc1cnc(C#N)cn1. The highest BCUT2D eigenvalue weighted by atomic mass is 19.1. The lowest BCUT2D eigenvalue weighted by atomic mass is 10.0. The molecule has 1 amide bonds. The molecule has 1 atom stereocenters. The number of carbonyl (C=O) groups excluding carboxylic acids is 1. The molecular formula is C21H20FN5O2. The minimum absolute atomic E-state index is 0.163. The molecule has 8 heteroatoms. The van der Waals surface area contributed by atoms with Crippen molar-refractivity contribution in [2.45, 2.75) is 32.2 Å². The molecule has 0 radical (unpaired) electrons. The molecule has 0 aliphatic carbocycles. The molecule has 0 saturated carbocycles. The fourth-order valence-electron chi connectivity index (χ4n) is 2.84. The van der Waals surface area contributed by atoms with Crippen molar-refractivity contribution >= 4 is 12.1 Å². The number of aromatic nitrogens is 2. The Morgan fingerprint density at radius 2 is 2.21 bits per heavy atom. The van der Waals surface area contributed by atoms with Gasteiger partial charge in [0.15, 0.2) is 5.69 Å². The van der Waals surface area contributed by atoms with Crippen LogP contribution < -0.4 is 4.74 Å². The number of carbonyl (C=O) groups is 1. The van der Waals surface area contributed by atoms with Crippen molar-refractivity contribution in [3.05, 3.63) is 65.4 Å². The van der Waals surface area contributed by atoms with Crippen LogP contribution >= 0.6 is 0 Å². The molecule has 2 heterocycles. The van der Waals surface area contributed by atoms with Gasteiger partial charge in [-0.2, -0.15) is 10.4 Å². The van der Waals surface area contributed by atoms with Crippen LogP contribution in [0.1, 0.15) is 42.1 Å². The Morgan fingerprint density at radius 3 is 2.90 bits per heavy atom. The van der Waals surface area contributed by atoms with E-state index in [-0.39, 0.29) is 42.4 Å². The van der Waals surface area contributed by atoms with Gasteiger partial charge in [0.1, 0.15) is 18.5 Å². The van der Waals surface area contributed by atoms with Crippen molar-refractivity contribution in [3.8, 4) is 11.9 Å². The average molecular weight is 393 g/mol. The highest BCUT2D eigenvalue weighted by molar-refractivity contribution is 5.80. The van der Waals surface area contributed by atoms with Gasteiger partial charge in [0.25, 0.3) is 0 Å². The van der Waals surface area contributed by atoms with Crippen LogP contribution in [0.4, 0.5) is 4.39 Å². The lowest BCUT2D eigenvalue weighted by Gasteiger charge is -2.22. The zero-order valence-corrected chi connectivity index (χ0v) is 16.0. The van der Waals surface area contributed by atoms with Crippen molar-refractivity contribution in [1.29, 1.82) is 5.26 Å². The third-order valence-corrected chi connectivity index (χ3v) is 4.53. The lowest BCUT2D eigenvalue weighted by Crippen LogP contribution is -2.27. The Hall–Kier alpha value is -3.60. The van der Waals surface area contributed by atoms with Crippen LogP contribution in [0.5, 0.6) is 5.88 Å². The van der Waals surface area contributed by atoms with Crippen LogP contribution in [0, 0.1) is 24.1 Å². The van der Waals surface area contributed by atoms with Crippen molar-refractivity contribution in [2.75, 3.05) is 6.61 Å². The molecule has 7 nitrogen and oxygen atoms in total. The Bertz CT molecular complexity index is 982. The third-order valence-electron chi connectivity index (χ3n) is 4.53. The molecule has 1 aliphatic rings. The summed E-state index contributed by atoms with van der Waals surface area (Å²) in [5.74, 6) is -0.177. The van der Waals surface area contributed by atoms with Crippen LogP contribution in [-0.4, -0.2) is 33.7 Å². The van der Waals surface area contributed by atoms with Crippen LogP contribution in [-0.2, 0) is 4.79 Å². The maximum absolute atomic E-state index is 13.9. The monoisotopic (exact) mass is 393 g/mol. The van der Waals surface area contributed by atoms with Crippen LogP contribution in [0.3, 0.4) is 0 Å². The van der Waals surface area contributed by atoms with Gasteiger partial charge in [0.2, 0.25) is 11.8 Å². The number of benzene rings is 1. The lowest BCUT2D eigenvalue weighted by molar-refractivity contribution is -0.133. The van der Waals surface area contributed by atoms with Gasteiger partial charge in [-0.3, -0.25) is 4.79 Å². The van der Waals surface area contributed by atoms with Crippen LogP contribution in [0.25, 0.3) is 0 Å². The van der Waals surface area contributed by atoms with Gasteiger partial charge in [-0.15, -0.1) is 0 Å². The maximum atomic E-state index is 13.9. The number of nitrogens with zero attached hydrogens (tertiary/aromatic N) is 5. The van der Waals surface area contributed by atoms with Gasteiger partial charge in [-0.05, 0) is 36.1 Å². The topological polar surface area (TPSA) is 91.5 Å². The zero-order valence-electron chi connectivity index (χ0n) is 16.0. The standard InChI is InChI=1S/C21H20FN5O2/c1-14(13-29-20-12-24-17(10-23)11-25-20)3-6-21(28)27-19(7-8-26-27)16-5-4-15(2)18(22)9-16/h4-5,8-9,11-12,19H,1,3,6-7,13H2,2H3. The average Bonchev–Trinajstić information content (AvgIpc) is 3.23. The summed E-state index contributed by atoms with van der Waals surface area (Å²) in [6.07, 6.45) is 5.53. The van der Waals surface area contributed by atoms with E-state index < -0.39 is 0 Å². The van der Waals surface area contributed by atoms with Gasteiger partial charge >= 0.3 is 0 Å². The van der Waals surface area contributed by atoms with E-state index in [0.717, 1.165) is 5.56 Å². The Kier molecular flexibility index (Phi) is 6.29. The van der Waals surface area contributed by atoms with Gasteiger partial charge in [0.05, 0.1) is 18.4 Å². The van der Waals surface area contributed by atoms with E-state index in [2.05, 4.69) is 21.6 Å². The number of hydrogen-bond donors (Lipinski definition) is 0. The summed E-state index contributed by atoms with van der Waals surface area (Å²) in [6.45, 7) is 5.80. The normalized spacial score (nSPS) is 15.2. The summed E-state index contributed by atoms with van der Waals surface area (Å²) < 4.78 is 19.3. The van der Waals surface area contributed by atoms with Gasteiger partial charge < -0.3 is 4.74 Å². The number of aryl methyl sites for hydroxylation is 1. The van der Waals surface area contributed by atoms with Crippen molar-refractivity contribution < 1.29 is 13.9 Å². The number of halogens is 1. The summed E-state index contributed by atoms with van der Waals surface area (Å²) in [7, 11) is 0. The molecule has 0 N–H and O–H groups in total. The Morgan fingerprint density at radius 1 is 1.38 bits per heavy atom. The number of rotatable bonds is 7. The maximum Gasteiger partial charge on any atom is 0.243 e. The number of amides is 1. The highest BCUT2D eigenvalue weighted by Crippen LogP contribution is 2.30. The van der Waals surface area contributed by atoms with E-state index in [1.165, 1.54) is 23.5 Å². The fraction of sp³-hybridized carbons (Fsp3) is 0.286. The summed E-state index contributed by atoms with van der Waals surface area (Å²) in [4.78, 5) is 20.4. The van der Waals surface area contributed by atoms with E-state index in [4.69, 9.17) is 10.00 Å². The molecule has 1 unspecified atom stereocenters. The molecule has 148 valence electrons. The minimum Gasteiger partial charge on any atom is -0.472 e. The fourth-order valence-corrected chi connectivity index (χ4v) is 2.84. The molecule has 0 bridgehead atoms. The molecule has 3 rings (SSSR count). The number of hydrogen-bond acceptors (Lipinski definition) is 6. The first-order valence-electron chi connectivity index (χ1n) is 9.10. The van der Waals surface area contributed by atoms with E-state index in [1.807, 2.05) is 12.1 Å². The predicted octanol–water partition coefficient (Wildman–Crippen LogP) is 3.47. The number of ether oxygens (including phenoxy) is 1. The highest BCUT2D eigenvalue weighted by Gasteiger charge is 2.28. The molecule has 2 aromatic rings. The molecule has 29 heavy (non-hydrogen) atoms. The molecule has 1 aromatic carbocycles. The van der Waals surface area contributed by atoms with Crippen LogP contribution in [0.2, 0.25) is 0 Å². The molecule has 1 aromatic heterocycles. The Labute approximate surface area is 168 Å². The predicted molar refractivity (Wildman–Crippen MR) is 104 cm³/mol. The molecule has 0 saturated heterocycles. The molecule has 0 fully saturated rings. The first-order valence-corrected chi connectivity index (χ1v) is 9.10. The van der Waals surface area contributed by atoms with Crippen LogP contribution in [0.15, 0.2) is 47.8 Å². The summed E-state index contributed by atoms with van der Waals surface area (Å²) in [6, 6.07) is 6.57. The van der Waals surface area contributed by atoms with E-state index in [1.54, 1.807) is 19.2 Å². The smallest absolute Gasteiger partial charge is 0.243 e. The second-order valence-corrected chi connectivity index (χ2v) is 6.69. The van der Waals surface area contributed by atoms with Crippen molar-refractivity contribution in [1.82, 2.24) is 15.0 Å². The zero-order chi connectivity index (χ0) is 20.8. The van der Waals surface area contributed by atoms with Gasteiger partial charge in [-0.1, -0.05) is 18.7 Å². The first kappa shape index (κ1) is 20.1. The number of hydrazone groups is 1. The van der Waals surface area contributed by atoms with E-state index in [0.29, 0.717) is 24.0 Å². The largest absolute Gasteiger partial charge is 0.472 e. The van der Waals surface area contributed by atoms with Crippen molar-refractivity contribution in [2.24, 2.45) is 5.10 Å². The summed E-state index contributed by atoms with van der Waals surface area (Å²) in [5, 5.41) is 14.3. The summed E-state index contributed by atoms with van der Waals surface area (Å²) in [5.41, 5.74) is 2.20. The van der Waals surface area contributed by atoms with E-state index >= 15 is 0 Å². The third kappa shape index (κ3) is 5.02. The van der Waals surface area contributed by atoms with E-state index in [9.17, 15) is 9.18 Å². The van der Waals surface area contributed by atoms with Crippen molar-refractivity contribution in [3.63, 3.8) is 0 Å². The van der Waals surface area contributed by atoms with Gasteiger partial charge in [-0.25, -0.2) is 19.4 Å². The van der Waals surface area contributed by atoms with Gasteiger partial charge in [0, 0.05) is 19.1 Å². The quantitative estimate of drug-likeness (QED) is 0.672. The molecule has 0 spiro atoms. The first-order chi connectivity index (χ1) is 14.0. The second-order valence-electron chi connectivity index (χ2n) is 6.69. The molecule has 1 aliphatic heterocycles. The Balaban J connectivity index is 1.51. The summed E-state index contributed by atoms with van der Waals surface area (Å²) >= 11 is 0. The number of nitriles is 1.